The van der Waals surface area contributed by atoms with Crippen LogP contribution in [0, 0.1) is 21.7 Å². The Labute approximate surface area is 212 Å². The second-order valence-corrected chi connectivity index (χ2v) is 8.69. The molecule has 0 aliphatic carbocycles. The van der Waals surface area contributed by atoms with Gasteiger partial charge < -0.3 is 15.5 Å². The zero-order valence-electron chi connectivity index (χ0n) is 19.7. The highest BCUT2D eigenvalue weighted by Crippen LogP contribution is 2.38. The minimum Gasteiger partial charge on any atom is -0.382 e. The van der Waals surface area contributed by atoms with Crippen molar-refractivity contribution in [2.45, 2.75) is 19.5 Å². The van der Waals surface area contributed by atoms with Crippen LogP contribution in [0.3, 0.4) is 0 Å². The van der Waals surface area contributed by atoms with Crippen LogP contribution in [0.2, 0.25) is 5.02 Å². The highest BCUT2D eigenvalue weighted by atomic mass is 35.5. The number of hydrogen-bond donors (Lipinski definition) is 2. The lowest BCUT2D eigenvalue weighted by atomic mass is 10.0. The van der Waals surface area contributed by atoms with Gasteiger partial charge in [0.2, 0.25) is 0 Å². The summed E-state index contributed by atoms with van der Waals surface area (Å²) in [6.45, 7) is 6.47. The van der Waals surface area contributed by atoms with Gasteiger partial charge in [-0.05, 0) is 30.7 Å². The van der Waals surface area contributed by atoms with E-state index in [4.69, 9.17) is 16.6 Å². The molecule has 0 aromatic heterocycles. The summed E-state index contributed by atoms with van der Waals surface area (Å²) in [6.07, 6.45) is 0.130. The molecule has 3 aromatic rings. The number of fused-ring (bicyclic) bond motifs is 1. The second-order valence-electron chi connectivity index (χ2n) is 8.28. The predicted octanol–water partition coefficient (Wildman–Crippen LogP) is 6.50. The summed E-state index contributed by atoms with van der Waals surface area (Å²) in [5.74, 6) is -1.03. The lowest BCUT2D eigenvalue weighted by Gasteiger charge is -2.35. The van der Waals surface area contributed by atoms with Crippen molar-refractivity contribution in [2.24, 2.45) is 4.99 Å². The Bertz CT molecular complexity index is 1380. The SMILES string of the molecule is C=C(NC1=NC(c2ccc([N+](=O)[O-])cc2Cl)N(C)c2ccccc21)c1cc(F)cc(F)c1NCCC. The monoisotopic (exact) mass is 511 g/mol. The third-order valence-electron chi connectivity index (χ3n) is 5.83. The lowest BCUT2D eigenvalue weighted by Crippen LogP contribution is -2.35. The van der Waals surface area contributed by atoms with Crippen LogP contribution in [0.15, 0.2) is 66.2 Å². The predicted molar refractivity (Wildman–Crippen MR) is 140 cm³/mol. The quantitative estimate of drug-likeness (QED) is 0.279. The fourth-order valence-electron chi connectivity index (χ4n) is 4.06. The van der Waals surface area contributed by atoms with Gasteiger partial charge >= 0.3 is 0 Å². The van der Waals surface area contributed by atoms with Crippen LogP contribution in [0.5, 0.6) is 0 Å². The lowest BCUT2D eigenvalue weighted by molar-refractivity contribution is -0.384. The van der Waals surface area contributed by atoms with Gasteiger partial charge in [-0.1, -0.05) is 37.2 Å². The number of nitrogens with zero attached hydrogens (tertiary/aromatic N) is 3. The topological polar surface area (TPSA) is 82.8 Å². The van der Waals surface area contributed by atoms with Gasteiger partial charge in [0.25, 0.3) is 5.69 Å². The fourth-order valence-corrected chi connectivity index (χ4v) is 4.33. The van der Waals surface area contributed by atoms with Gasteiger partial charge in [0.1, 0.15) is 17.5 Å². The molecule has 1 unspecified atom stereocenters. The van der Waals surface area contributed by atoms with E-state index in [-0.39, 0.29) is 27.7 Å². The van der Waals surface area contributed by atoms with Crippen molar-refractivity contribution in [1.82, 2.24) is 5.32 Å². The van der Waals surface area contributed by atoms with Crippen molar-refractivity contribution in [3.05, 3.63) is 105 Å². The molecule has 186 valence electrons. The van der Waals surface area contributed by atoms with Crippen LogP contribution in [-0.4, -0.2) is 24.4 Å². The Morgan fingerprint density at radius 2 is 1.97 bits per heavy atom. The number of rotatable bonds is 7. The van der Waals surface area contributed by atoms with Crippen molar-refractivity contribution < 1.29 is 13.7 Å². The molecule has 1 heterocycles. The number of halogens is 3. The number of para-hydroxylation sites is 1. The second kappa shape index (κ2) is 10.3. The molecule has 0 bridgehead atoms. The van der Waals surface area contributed by atoms with Crippen molar-refractivity contribution >= 4 is 40.2 Å². The summed E-state index contributed by atoms with van der Waals surface area (Å²) in [4.78, 5) is 17.3. The van der Waals surface area contributed by atoms with Crippen molar-refractivity contribution in [3.63, 3.8) is 0 Å². The summed E-state index contributed by atoms with van der Waals surface area (Å²) >= 11 is 6.42. The van der Waals surface area contributed by atoms with Crippen LogP contribution >= 0.6 is 11.6 Å². The smallest absolute Gasteiger partial charge is 0.270 e. The molecule has 0 amide bonds. The molecule has 2 N–H and O–H groups in total. The molecule has 36 heavy (non-hydrogen) atoms. The molecule has 10 heteroatoms. The Morgan fingerprint density at radius 3 is 2.67 bits per heavy atom. The van der Waals surface area contributed by atoms with Crippen molar-refractivity contribution in [2.75, 3.05) is 23.8 Å². The molecule has 3 aromatic carbocycles. The van der Waals surface area contributed by atoms with Gasteiger partial charge in [-0.2, -0.15) is 0 Å². The molecule has 1 atom stereocenters. The largest absolute Gasteiger partial charge is 0.382 e. The summed E-state index contributed by atoms with van der Waals surface area (Å²) in [5, 5.41) is 17.5. The summed E-state index contributed by atoms with van der Waals surface area (Å²) in [5.41, 5.74) is 2.63. The first-order chi connectivity index (χ1) is 17.2. The maximum atomic E-state index is 14.6. The number of hydrogen-bond acceptors (Lipinski definition) is 6. The number of nitro groups is 1. The molecule has 4 rings (SSSR count). The highest BCUT2D eigenvalue weighted by Gasteiger charge is 2.29. The Balaban J connectivity index is 1.76. The van der Waals surface area contributed by atoms with E-state index in [1.807, 2.05) is 43.1 Å². The first kappa shape index (κ1) is 25.1. The molecular formula is C26H24ClF2N5O2. The van der Waals surface area contributed by atoms with E-state index in [0.29, 0.717) is 17.9 Å². The summed E-state index contributed by atoms with van der Waals surface area (Å²) in [7, 11) is 1.84. The van der Waals surface area contributed by atoms with Crippen LogP contribution in [0.25, 0.3) is 5.70 Å². The number of aliphatic imine (C=N–C) groups is 1. The first-order valence-corrected chi connectivity index (χ1v) is 11.6. The van der Waals surface area contributed by atoms with E-state index in [1.165, 1.54) is 18.2 Å². The maximum Gasteiger partial charge on any atom is 0.270 e. The normalized spacial score (nSPS) is 14.6. The van der Waals surface area contributed by atoms with E-state index in [9.17, 15) is 18.9 Å². The average Bonchev–Trinajstić information content (AvgIpc) is 2.85. The molecule has 0 saturated heterocycles. The number of nitro benzene ring substituents is 1. The third kappa shape index (κ3) is 4.87. The molecule has 1 aliphatic rings. The summed E-state index contributed by atoms with van der Waals surface area (Å²) in [6, 6.07) is 13.7. The molecule has 1 aliphatic heterocycles. The van der Waals surface area contributed by atoms with Crippen molar-refractivity contribution in [1.29, 1.82) is 0 Å². The molecule has 0 radical (unpaired) electrons. The Hall–Kier alpha value is -3.98. The maximum absolute atomic E-state index is 14.6. The zero-order valence-corrected chi connectivity index (χ0v) is 20.4. The van der Waals surface area contributed by atoms with E-state index in [0.717, 1.165) is 23.7 Å². The molecule has 0 saturated carbocycles. The Morgan fingerprint density at radius 1 is 1.22 bits per heavy atom. The number of anilines is 2. The summed E-state index contributed by atoms with van der Waals surface area (Å²) < 4.78 is 28.8. The van der Waals surface area contributed by atoms with Gasteiger partial charge in [-0.15, -0.1) is 0 Å². The van der Waals surface area contributed by atoms with Gasteiger partial charge in [0.15, 0.2) is 6.17 Å². The van der Waals surface area contributed by atoms with Crippen LogP contribution in [0.1, 0.15) is 36.2 Å². The number of benzene rings is 3. The molecule has 7 nitrogen and oxygen atoms in total. The van der Waals surface area contributed by atoms with Gasteiger partial charge in [0, 0.05) is 59.9 Å². The van der Waals surface area contributed by atoms with E-state index < -0.39 is 22.7 Å². The molecule has 0 spiro atoms. The van der Waals surface area contributed by atoms with Gasteiger partial charge in [-0.25, -0.2) is 13.8 Å². The van der Waals surface area contributed by atoms with Gasteiger partial charge in [-0.3, -0.25) is 10.1 Å². The van der Waals surface area contributed by atoms with E-state index >= 15 is 0 Å². The minimum absolute atomic E-state index is 0.126. The number of nitrogens with one attached hydrogen (secondary N) is 2. The van der Waals surface area contributed by atoms with Gasteiger partial charge in [0.05, 0.1) is 15.6 Å². The number of non-ortho nitro benzene ring substituents is 1. The third-order valence-corrected chi connectivity index (χ3v) is 6.16. The first-order valence-electron chi connectivity index (χ1n) is 11.2. The van der Waals surface area contributed by atoms with Crippen LogP contribution < -0.4 is 15.5 Å². The van der Waals surface area contributed by atoms with Crippen LogP contribution in [0.4, 0.5) is 25.8 Å². The van der Waals surface area contributed by atoms with Crippen LogP contribution in [-0.2, 0) is 0 Å². The molecule has 0 fully saturated rings. The zero-order chi connectivity index (χ0) is 26.0. The average molecular weight is 512 g/mol. The number of amidine groups is 1. The standard InChI is InChI=1S/C26H24ClF2N5O2/c1-4-11-30-24-20(12-16(28)13-22(24)29)15(2)31-25-19-7-5-6-8-23(19)33(3)26(32-25)18-10-9-17(34(35)36)14-21(18)27/h5-10,12-14,26,30H,2,4,11H2,1,3H3,(H,31,32). The van der Waals surface area contributed by atoms with E-state index in [2.05, 4.69) is 17.2 Å². The van der Waals surface area contributed by atoms with Crippen molar-refractivity contribution in [3.8, 4) is 0 Å². The minimum atomic E-state index is -0.728. The molecular weight excluding hydrogens is 488 g/mol. The Kier molecular flexibility index (Phi) is 7.21. The highest BCUT2D eigenvalue weighted by molar-refractivity contribution is 6.31. The fraction of sp³-hybridized carbons (Fsp3) is 0.192. The van der Waals surface area contributed by atoms with E-state index in [1.54, 1.807) is 6.07 Å².